The van der Waals surface area contributed by atoms with Crippen LogP contribution in [0, 0.1) is 0 Å². The van der Waals surface area contributed by atoms with Crippen LogP contribution in [-0.4, -0.2) is 35.2 Å². The smallest absolute Gasteiger partial charge is 0.269 e. The van der Waals surface area contributed by atoms with E-state index < -0.39 is 0 Å². The molecular weight excluding hydrogens is 192 g/mol. The monoisotopic (exact) mass is 208 g/mol. The van der Waals surface area contributed by atoms with Crippen LogP contribution in [0.3, 0.4) is 0 Å². The van der Waals surface area contributed by atoms with Gasteiger partial charge in [-0.25, -0.2) is 0 Å². The van der Waals surface area contributed by atoms with Crippen molar-refractivity contribution in [2.75, 3.05) is 13.1 Å². The van der Waals surface area contributed by atoms with Gasteiger partial charge in [-0.1, -0.05) is 0 Å². The zero-order valence-electron chi connectivity index (χ0n) is 8.62. The summed E-state index contributed by atoms with van der Waals surface area (Å²) >= 11 is 0. The van der Waals surface area contributed by atoms with E-state index in [0.29, 0.717) is 12.2 Å². The van der Waals surface area contributed by atoms with Crippen molar-refractivity contribution >= 4 is 5.91 Å². The summed E-state index contributed by atoms with van der Waals surface area (Å²) < 4.78 is 0. The van der Waals surface area contributed by atoms with Gasteiger partial charge in [-0.05, 0) is 31.9 Å². The highest BCUT2D eigenvalue weighted by Crippen LogP contribution is 2.18. The largest absolute Gasteiger partial charge is 0.351 e. The van der Waals surface area contributed by atoms with Crippen LogP contribution in [-0.2, 0) is 0 Å². The van der Waals surface area contributed by atoms with Gasteiger partial charge in [0.1, 0.15) is 5.69 Å². The third-order valence-corrected chi connectivity index (χ3v) is 2.39. The zero-order valence-corrected chi connectivity index (χ0v) is 8.62. The third kappa shape index (κ3) is 3.36. The Morgan fingerprint density at radius 3 is 3.07 bits per heavy atom. The average Bonchev–Trinajstić information content (AvgIpc) is 2.90. The highest BCUT2D eigenvalue weighted by atomic mass is 16.1. The van der Waals surface area contributed by atoms with Gasteiger partial charge in [0.15, 0.2) is 0 Å². The molecule has 0 spiro atoms. The summed E-state index contributed by atoms with van der Waals surface area (Å²) in [6, 6.07) is 2.41. The van der Waals surface area contributed by atoms with E-state index in [1.54, 1.807) is 12.3 Å². The molecule has 0 saturated heterocycles. The molecule has 0 radical (unpaired) electrons. The number of aromatic nitrogens is 2. The maximum Gasteiger partial charge on any atom is 0.269 e. The lowest BCUT2D eigenvalue weighted by Crippen LogP contribution is -2.28. The van der Waals surface area contributed by atoms with Crippen LogP contribution < -0.4 is 10.6 Å². The van der Waals surface area contributed by atoms with E-state index >= 15 is 0 Å². The number of hydrogen-bond donors (Lipinski definition) is 3. The molecule has 1 amide bonds. The zero-order chi connectivity index (χ0) is 10.5. The fourth-order valence-corrected chi connectivity index (χ4v) is 1.36. The van der Waals surface area contributed by atoms with Crippen LogP contribution in [0.25, 0.3) is 0 Å². The van der Waals surface area contributed by atoms with E-state index in [4.69, 9.17) is 0 Å². The molecular formula is C10H16N4O. The summed E-state index contributed by atoms with van der Waals surface area (Å²) in [6.07, 6.45) is 5.15. The fourth-order valence-electron chi connectivity index (χ4n) is 1.36. The van der Waals surface area contributed by atoms with Gasteiger partial charge in [0.05, 0.1) is 0 Å². The molecule has 1 aliphatic carbocycles. The van der Waals surface area contributed by atoms with E-state index in [0.717, 1.165) is 19.0 Å². The van der Waals surface area contributed by atoms with E-state index in [2.05, 4.69) is 20.8 Å². The Labute approximate surface area is 88.6 Å². The number of H-pyrrole nitrogens is 1. The quantitative estimate of drug-likeness (QED) is 0.588. The molecule has 2 rings (SSSR count). The fraction of sp³-hybridized carbons (Fsp3) is 0.600. The topological polar surface area (TPSA) is 69.8 Å². The molecule has 0 aliphatic heterocycles. The van der Waals surface area contributed by atoms with E-state index in [-0.39, 0.29) is 5.91 Å². The molecule has 0 aromatic carbocycles. The molecule has 0 bridgehead atoms. The highest BCUT2D eigenvalue weighted by Gasteiger charge is 2.19. The summed E-state index contributed by atoms with van der Waals surface area (Å²) in [5.41, 5.74) is 0.519. The molecule has 1 aromatic rings. The average molecular weight is 208 g/mol. The van der Waals surface area contributed by atoms with Crippen molar-refractivity contribution in [3.05, 3.63) is 18.0 Å². The van der Waals surface area contributed by atoms with Crippen LogP contribution in [0.2, 0.25) is 0 Å². The number of hydrogen-bond acceptors (Lipinski definition) is 3. The summed E-state index contributed by atoms with van der Waals surface area (Å²) in [7, 11) is 0. The molecule has 1 heterocycles. The molecule has 5 heteroatoms. The van der Waals surface area contributed by atoms with Crippen LogP contribution in [0.15, 0.2) is 12.3 Å². The number of carbonyl (C=O) groups is 1. The number of nitrogens with one attached hydrogen (secondary N) is 3. The summed E-state index contributed by atoms with van der Waals surface area (Å²) in [5, 5.41) is 12.6. The Kier molecular flexibility index (Phi) is 3.34. The maximum atomic E-state index is 11.4. The van der Waals surface area contributed by atoms with Crippen molar-refractivity contribution in [2.24, 2.45) is 0 Å². The Morgan fingerprint density at radius 2 is 2.40 bits per heavy atom. The molecule has 0 atom stereocenters. The van der Waals surface area contributed by atoms with Gasteiger partial charge >= 0.3 is 0 Å². The van der Waals surface area contributed by atoms with Gasteiger partial charge < -0.3 is 10.6 Å². The van der Waals surface area contributed by atoms with Gasteiger partial charge in [0.25, 0.3) is 5.91 Å². The summed E-state index contributed by atoms with van der Waals surface area (Å²) in [5.74, 6) is -0.0843. The van der Waals surface area contributed by atoms with Crippen molar-refractivity contribution in [1.29, 1.82) is 0 Å². The van der Waals surface area contributed by atoms with Crippen molar-refractivity contribution in [2.45, 2.75) is 25.3 Å². The molecule has 0 unspecified atom stereocenters. The second kappa shape index (κ2) is 4.93. The number of nitrogens with zero attached hydrogens (tertiary/aromatic N) is 1. The van der Waals surface area contributed by atoms with E-state index in [9.17, 15) is 4.79 Å². The predicted octanol–water partition coefficient (Wildman–Crippen LogP) is 0.282. The summed E-state index contributed by atoms with van der Waals surface area (Å²) in [4.78, 5) is 11.4. The van der Waals surface area contributed by atoms with Crippen LogP contribution in [0.1, 0.15) is 29.8 Å². The van der Waals surface area contributed by atoms with Crippen molar-refractivity contribution in [1.82, 2.24) is 20.8 Å². The van der Waals surface area contributed by atoms with E-state index in [1.807, 2.05) is 0 Å². The Morgan fingerprint density at radius 1 is 1.53 bits per heavy atom. The van der Waals surface area contributed by atoms with Gasteiger partial charge in [-0.3, -0.25) is 9.89 Å². The lowest BCUT2D eigenvalue weighted by molar-refractivity contribution is 0.0948. The first-order valence-corrected chi connectivity index (χ1v) is 5.37. The first-order valence-electron chi connectivity index (χ1n) is 5.37. The van der Waals surface area contributed by atoms with Gasteiger partial charge in [-0.15, -0.1) is 0 Å². The Balaban J connectivity index is 1.55. The number of aromatic amines is 1. The number of carbonyl (C=O) groups excluding carboxylic acids is 1. The van der Waals surface area contributed by atoms with Gasteiger partial charge in [-0.2, -0.15) is 5.10 Å². The highest BCUT2D eigenvalue weighted by molar-refractivity contribution is 5.91. The molecule has 15 heavy (non-hydrogen) atoms. The lowest BCUT2D eigenvalue weighted by Gasteiger charge is -2.04. The molecule has 1 aliphatic rings. The number of rotatable bonds is 6. The third-order valence-electron chi connectivity index (χ3n) is 2.39. The second-order valence-corrected chi connectivity index (χ2v) is 3.81. The van der Waals surface area contributed by atoms with Crippen molar-refractivity contribution < 1.29 is 4.79 Å². The van der Waals surface area contributed by atoms with Gasteiger partial charge in [0, 0.05) is 18.8 Å². The molecule has 82 valence electrons. The first-order chi connectivity index (χ1) is 7.36. The minimum atomic E-state index is -0.0843. The lowest BCUT2D eigenvalue weighted by atomic mass is 10.3. The van der Waals surface area contributed by atoms with Crippen LogP contribution in [0.4, 0.5) is 0 Å². The summed E-state index contributed by atoms with van der Waals surface area (Å²) in [6.45, 7) is 1.69. The Bertz CT molecular complexity index is 305. The second-order valence-electron chi connectivity index (χ2n) is 3.81. The van der Waals surface area contributed by atoms with Crippen LogP contribution >= 0.6 is 0 Å². The molecule has 1 saturated carbocycles. The van der Waals surface area contributed by atoms with Gasteiger partial charge in [0.2, 0.25) is 0 Å². The minimum Gasteiger partial charge on any atom is -0.351 e. The molecule has 1 aromatic heterocycles. The first kappa shape index (κ1) is 10.2. The molecule has 3 N–H and O–H groups in total. The normalized spacial score (nSPS) is 15.2. The van der Waals surface area contributed by atoms with E-state index in [1.165, 1.54) is 12.8 Å². The maximum absolute atomic E-state index is 11.4. The Hall–Kier alpha value is -1.36. The molecule has 5 nitrogen and oxygen atoms in total. The predicted molar refractivity (Wildman–Crippen MR) is 56.6 cm³/mol. The standard InChI is InChI=1S/C10H16N4O/c15-10(9-4-7-13-14-9)12-6-1-5-11-8-2-3-8/h4,7-8,11H,1-3,5-6H2,(H,12,15)(H,13,14). The van der Waals surface area contributed by atoms with Crippen molar-refractivity contribution in [3.63, 3.8) is 0 Å². The molecule has 1 fully saturated rings. The SMILES string of the molecule is O=C(NCCCNC1CC1)c1ccn[nH]1. The number of amides is 1. The van der Waals surface area contributed by atoms with Crippen molar-refractivity contribution in [3.8, 4) is 0 Å². The minimum absolute atomic E-state index is 0.0843. The van der Waals surface area contributed by atoms with Crippen LogP contribution in [0.5, 0.6) is 0 Å².